The maximum Gasteiger partial charge on any atom is 0.224 e. The number of benzene rings is 1. The highest BCUT2D eigenvalue weighted by Gasteiger charge is 2.14. The quantitative estimate of drug-likeness (QED) is 0.586. The Morgan fingerprint density at radius 1 is 1.18 bits per heavy atom. The van der Waals surface area contributed by atoms with E-state index in [-0.39, 0.29) is 11.7 Å². The van der Waals surface area contributed by atoms with Crippen molar-refractivity contribution in [3.63, 3.8) is 0 Å². The zero-order valence-corrected chi connectivity index (χ0v) is 14.1. The molecule has 2 rings (SSSR count). The first-order valence-electron chi connectivity index (χ1n) is 8.18. The second kappa shape index (κ2) is 8.99. The average molecular weight is 319 g/mol. The van der Waals surface area contributed by atoms with E-state index in [0.29, 0.717) is 17.7 Å². The predicted octanol–water partition coefficient (Wildman–Crippen LogP) is 4.67. The Bertz CT molecular complexity index is 510. The van der Waals surface area contributed by atoms with Gasteiger partial charge in [0.2, 0.25) is 5.91 Å². The molecular formula is C18H25NO2S. The van der Waals surface area contributed by atoms with E-state index in [1.165, 1.54) is 39.0 Å². The minimum atomic E-state index is -0.0243. The van der Waals surface area contributed by atoms with E-state index in [4.69, 9.17) is 0 Å². The van der Waals surface area contributed by atoms with Crippen molar-refractivity contribution in [2.45, 2.75) is 57.1 Å². The molecule has 1 saturated carbocycles. The molecule has 0 spiro atoms. The van der Waals surface area contributed by atoms with Crippen molar-refractivity contribution in [2.24, 2.45) is 0 Å². The van der Waals surface area contributed by atoms with Crippen LogP contribution in [0.1, 0.15) is 62.2 Å². The van der Waals surface area contributed by atoms with Gasteiger partial charge in [-0.1, -0.05) is 31.4 Å². The highest BCUT2D eigenvalue weighted by atomic mass is 32.2. The average Bonchev–Trinajstić information content (AvgIpc) is 2.53. The Balaban J connectivity index is 1.70. The van der Waals surface area contributed by atoms with Gasteiger partial charge in [0, 0.05) is 17.2 Å². The molecule has 3 nitrogen and oxygen atoms in total. The maximum atomic E-state index is 12.0. The summed E-state index contributed by atoms with van der Waals surface area (Å²) in [6.45, 7) is 1.52. The van der Waals surface area contributed by atoms with Gasteiger partial charge in [0.25, 0.3) is 0 Å². The highest BCUT2D eigenvalue weighted by molar-refractivity contribution is 7.99. The fraction of sp³-hybridized carbons (Fsp3) is 0.556. The summed E-state index contributed by atoms with van der Waals surface area (Å²) in [5, 5.41) is 3.66. The number of nitrogens with one attached hydrogen (secondary N) is 1. The molecule has 120 valence electrons. The summed E-state index contributed by atoms with van der Waals surface area (Å²) in [6.07, 6.45) is 8.20. The molecule has 0 aliphatic heterocycles. The number of hydrogen-bond acceptors (Lipinski definition) is 3. The Morgan fingerprint density at radius 2 is 1.91 bits per heavy atom. The molecule has 0 unspecified atom stereocenters. The van der Waals surface area contributed by atoms with Crippen LogP contribution >= 0.6 is 11.8 Å². The van der Waals surface area contributed by atoms with Crippen LogP contribution in [0, 0.1) is 0 Å². The molecule has 0 bridgehead atoms. The summed E-state index contributed by atoms with van der Waals surface area (Å²) < 4.78 is 0. The third-order valence-corrected chi connectivity index (χ3v) is 5.50. The summed E-state index contributed by atoms with van der Waals surface area (Å²) >= 11 is 2.02. The van der Waals surface area contributed by atoms with Crippen molar-refractivity contribution in [1.29, 1.82) is 0 Å². The van der Waals surface area contributed by atoms with Gasteiger partial charge in [-0.25, -0.2) is 0 Å². The smallest absolute Gasteiger partial charge is 0.224 e. The van der Waals surface area contributed by atoms with E-state index < -0.39 is 0 Å². The fourth-order valence-electron chi connectivity index (χ4n) is 2.83. The molecule has 0 heterocycles. The summed E-state index contributed by atoms with van der Waals surface area (Å²) in [5.74, 6) is 1.02. The van der Waals surface area contributed by atoms with Gasteiger partial charge in [0.05, 0.1) is 5.69 Å². The van der Waals surface area contributed by atoms with Gasteiger partial charge in [-0.05, 0) is 44.1 Å². The Hall–Kier alpha value is -1.29. The number of amides is 1. The first-order valence-corrected chi connectivity index (χ1v) is 9.23. The van der Waals surface area contributed by atoms with E-state index >= 15 is 0 Å². The van der Waals surface area contributed by atoms with E-state index in [0.717, 1.165) is 17.4 Å². The molecule has 1 aliphatic rings. The predicted molar refractivity (Wildman–Crippen MR) is 93.6 cm³/mol. The van der Waals surface area contributed by atoms with Crippen LogP contribution in [-0.4, -0.2) is 22.7 Å². The summed E-state index contributed by atoms with van der Waals surface area (Å²) in [7, 11) is 0. The SMILES string of the molecule is CC(=O)c1ccccc1NC(=O)CCCSC1CCCCC1. The zero-order chi connectivity index (χ0) is 15.8. The van der Waals surface area contributed by atoms with Crippen LogP contribution in [0.2, 0.25) is 0 Å². The number of para-hydroxylation sites is 1. The fourth-order valence-corrected chi connectivity index (χ4v) is 4.14. The van der Waals surface area contributed by atoms with Crippen molar-refractivity contribution in [1.82, 2.24) is 0 Å². The van der Waals surface area contributed by atoms with Gasteiger partial charge >= 0.3 is 0 Å². The molecule has 1 aromatic carbocycles. The number of carbonyl (C=O) groups excluding carboxylic acids is 2. The van der Waals surface area contributed by atoms with Crippen LogP contribution in [0.3, 0.4) is 0 Å². The summed E-state index contributed by atoms with van der Waals surface area (Å²) in [4.78, 5) is 23.5. The van der Waals surface area contributed by atoms with E-state index in [2.05, 4.69) is 5.32 Å². The van der Waals surface area contributed by atoms with E-state index in [9.17, 15) is 9.59 Å². The Morgan fingerprint density at radius 3 is 2.64 bits per heavy atom. The zero-order valence-electron chi connectivity index (χ0n) is 13.3. The lowest BCUT2D eigenvalue weighted by Crippen LogP contribution is -2.14. The Labute approximate surface area is 137 Å². The largest absolute Gasteiger partial charge is 0.325 e. The first kappa shape index (κ1) is 17.1. The molecule has 1 aliphatic carbocycles. The van der Waals surface area contributed by atoms with Gasteiger partial charge in [-0.3, -0.25) is 9.59 Å². The van der Waals surface area contributed by atoms with Gasteiger partial charge in [0.15, 0.2) is 5.78 Å². The lowest BCUT2D eigenvalue weighted by Gasteiger charge is -2.20. The topological polar surface area (TPSA) is 46.2 Å². The lowest BCUT2D eigenvalue weighted by atomic mass is 10.0. The number of Topliss-reactive ketones (excluding diaryl/α,β-unsaturated/α-hetero) is 1. The van der Waals surface area contributed by atoms with Crippen molar-refractivity contribution < 1.29 is 9.59 Å². The normalized spacial score (nSPS) is 15.5. The monoisotopic (exact) mass is 319 g/mol. The van der Waals surface area contributed by atoms with Gasteiger partial charge in [-0.2, -0.15) is 11.8 Å². The molecule has 1 amide bonds. The second-order valence-electron chi connectivity index (χ2n) is 5.88. The lowest BCUT2D eigenvalue weighted by molar-refractivity contribution is -0.116. The molecule has 0 atom stereocenters. The minimum absolute atomic E-state index is 0.00190. The van der Waals surface area contributed by atoms with Crippen molar-refractivity contribution in [3.05, 3.63) is 29.8 Å². The van der Waals surface area contributed by atoms with Gasteiger partial charge < -0.3 is 5.32 Å². The van der Waals surface area contributed by atoms with E-state index in [1.807, 2.05) is 23.9 Å². The van der Waals surface area contributed by atoms with E-state index in [1.54, 1.807) is 12.1 Å². The summed E-state index contributed by atoms with van der Waals surface area (Å²) in [5.41, 5.74) is 1.20. The maximum absolute atomic E-state index is 12.0. The van der Waals surface area contributed by atoms with Crippen LogP contribution in [-0.2, 0) is 4.79 Å². The molecule has 0 radical (unpaired) electrons. The Kier molecular flexibility index (Phi) is 6.97. The van der Waals surface area contributed by atoms with Crippen LogP contribution in [0.15, 0.2) is 24.3 Å². The van der Waals surface area contributed by atoms with Crippen LogP contribution in [0.25, 0.3) is 0 Å². The van der Waals surface area contributed by atoms with Crippen molar-refractivity contribution >= 4 is 29.1 Å². The number of rotatable bonds is 7. The number of hydrogen-bond donors (Lipinski definition) is 1. The number of thioether (sulfide) groups is 1. The van der Waals surface area contributed by atoms with Crippen molar-refractivity contribution in [2.75, 3.05) is 11.1 Å². The molecule has 0 aromatic heterocycles. The number of carbonyl (C=O) groups is 2. The van der Waals surface area contributed by atoms with Crippen LogP contribution in [0.4, 0.5) is 5.69 Å². The third-order valence-electron chi connectivity index (χ3n) is 4.03. The van der Waals surface area contributed by atoms with Crippen LogP contribution < -0.4 is 5.32 Å². The molecule has 22 heavy (non-hydrogen) atoms. The molecule has 1 fully saturated rings. The molecule has 1 aromatic rings. The number of anilines is 1. The van der Waals surface area contributed by atoms with Crippen molar-refractivity contribution in [3.8, 4) is 0 Å². The minimum Gasteiger partial charge on any atom is -0.325 e. The third kappa shape index (κ3) is 5.48. The number of ketones is 1. The van der Waals surface area contributed by atoms with Gasteiger partial charge in [-0.15, -0.1) is 0 Å². The van der Waals surface area contributed by atoms with Crippen LogP contribution in [0.5, 0.6) is 0 Å². The highest BCUT2D eigenvalue weighted by Crippen LogP contribution is 2.28. The molecule has 1 N–H and O–H groups in total. The molecule has 4 heteroatoms. The molecular weight excluding hydrogens is 294 g/mol. The second-order valence-corrected chi connectivity index (χ2v) is 7.29. The van der Waals surface area contributed by atoms with Gasteiger partial charge in [0.1, 0.15) is 0 Å². The summed E-state index contributed by atoms with van der Waals surface area (Å²) in [6, 6.07) is 7.18. The molecule has 0 saturated heterocycles. The first-order chi connectivity index (χ1) is 10.7. The standard InChI is InChI=1S/C18H25NO2S/c1-14(20)16-10-5-6-11-17(16)19-18(21)12-7-13-22-15-8-3-2-4-9-15/h5-6,10-11,15H,2-4,7-9,12-13H2,1H3,(H,19,21).